The van der Waals surface area contributed by atoms with Gasteiger partial charge in [0.25, 0.3) is 0 Å². The number of halogens is 3. The Hall–Kier alpha value is -1.74. The van der Waals surface area contributed by atoms with E-state index >= 15 is 0 Å². The molecule has 3 nitrogen and oxygen atoms in total. The van der Waals surface area contributed by atoms with Crippen LogP contribution in [0.25, 0.3) is 0 Å². The number of ether oxygens (including phenoxy) is 1. The highest BCUT2D eigenvalue weighted by Crippen LogP contribution is 2.34. The molecule has 0 bridgehead atoms. The second-order valence-corrected chi connectivity index (χ2v) is 4.10. The molecule has 1 aromatic carbocycles. The van der Waals surface area contributed by atoms with E-state index in [0.717, 1.165) is 6.07 Å². The maximum atomic E-state index is 12.6. The predicted octanol–water partition coefficient (Wildman–Crippen LogP) is 3.44. The van der Waals surface area contributed by atoms with Gasteiger partial charge in [0.1, 0.15) is 0 Å². The number of hydrogen-bond acceptors (Lipinski definition) is 3. The highest BCUT2D eigenvalue weighted by atomic mass is 19.4. The van der Waals surface area contributed by atoms with Crippen LogP contribution in [0, 0.1) is 11.3 Å². The molecule has 2 rings (SSSR count). The molecule has 1 saturated heterocycles. The van der Waals surface area contributed by atoms with Gasteiger partial charge in [0.15, 0.2) is 0 Å². The number of alkyl halides is 3. The average Bonchev–Trinajstić information content (AvgIpc) is 2.38. The minimum Gasteiger partial charge on any atom is -0.378 e. The summed E-state index contributed by atoms with van der Waals surface area (Å²) in [6, 6.07) is 5.20. The van der Waals surface area contributed by atoms with Crippen LogP contribution in [-0.4, -0.2) is 26.3 Å². The Kier molecular flexibility index (Phi) is 5.40. The largest absolute Gasteiger partial charge is 0.417 e. The number of rotatable bonds is 2. The zero-order valence-corrected chi connectivity index (χ0v) is 11.7. The number of methoxy groups -OCH3 is 1. The van der Waals surface area contributed by atoms with Crippen LogP contribution in [-0.2, 0) is 10.9 Å². The quantitative estimate of drug-likeness (QED) is 0.835. The first-order chi connectivity index (χ1) is 9.45. The lowest BCUT2D eigenvalue weighted by Gasteiger charge is -2.40. The molecule has 0 atom stereocenters. The summed E-state index contributed by atoms with van der Waals surface area (Å²) >= 11 is 0. The molecule has 0 aromatic heterocycles. The zero-order valence-electron chi connectivity index (χ0n) is 11.7. The van der Waals surface area contributed by atoms with E-state index in [1.54, 1.807) is 13.2 Å². The van der Waals surface area contributed by atoms with Crippen molar-refractivity contribution in [3.63, 3.8) is 0 Å². The van der Waals surface area contributed by atoms with Crippen molar-refractivity contribution >= 4 is 5.69 Å². The molecule has 6 heteroatoms. The lowest BCUT2D eigenvalue weighted by molar-refractivity contribution is -0.137. The van der Waals surface area contributed by atoms with Gasteiger partial charge in [-0.2, -0.15) is 18.4 Å². The number of nitrogens with zero attached hydrogens (tertiary/aromatic N) is 2. The molecule has 1 aliphatic rings. The van der Waals surface area contributed by atoms with Crippen LogP contribution < -0.4 is 4.90 Å². The van der Waals surface area contributed by atoms with E-state index in [-0.39, 0.29) is 11.7 Å². The number of anilines is 1. The Morgan fingerprint density at radius 2 is 1.90 bits per heavy atom. The summed E-state index contributed by atoms with van der Waals surface area (Å²) < 4.78 is 42.9. The van der Waals surface area contributed by atoms with Crippen molar-refractivity contribution in [2.75, 3.05) is 25.1 Å². The van der Waals surface area contributed by atoms with E-state index in [4.69, 9.17) is 10.00 Å². The van der Waals surface area contributed by atoms with Crippen molar-refractivity contribution in [2.24, 2.45) is 0 Å². The molecule has 0 amide bonds. The molecule has 0 unspecified atom stereocenters. The van der Waals surface area contributed by atoms with Crippen molar-refractivity contribution in [1.29, 1.82) is 5.26 Å². The summed E-state index contributed by atoms with van der Waals surface area (Å²) in [6.07, 6.45) is -4.38. The van der Waals surface area contributed by atoms with Crippen molar-refractivity contribution in [3.8, 4) is 6.07 Å². The molecule has 1 fully saturated rings. The minimum atomic E-state index is -4.49. The second kappa shape index (κ2) is 6.62. The summed E-state index contributed by atoms with van der Waals surface area (Å²) in [5.41, 5.74) is -0.619. The van der Waals surface area contributed by atoms with Crippen molar-refractivity contribution in [1.82, 2.24) is 0 Å². The summed E-state index contributed by atoms with van der Waals surface area (Å²) in [5, 5.41) is 8.78. The molecule has 0 aliphatic carbocycles. The third-order valence-electron chi connectivity index (χ3n) is 2.98. The van der Waals surface area contributed by atoms with Gasteiger partial charge in [-0.15, -0.1) is 0 Å². The third kappa shape index (κ3) is 3.42. The van der Waals surface area contributed by atoms with Crippen molar-refractivity contribution in [2.45, 2.75) is 26.1 Å². The van der Waals surface area contributed by atoms with Crippen LogP contribution in [0.2, 0.25) is 0 Å². The maximum absolute atomic E-state index is 12.6. The molecule has 20 heavy (non-hydrogen) atoms. The van der Waals surface area contributed by atoms with Gasteiger partial charge in [0.05, 0.1) is 23.3 Å². The fraction of sp³-hybridized carbons (Fsp3) is 0.500. The standard InChI is InChI=1S/C12H11F3N2O.C2H6/c1-18-10-6-17(7-10)9-2-3-11(12(13,14)15)8(4-9)5-16;1-2/h2-4,10H,6-7H2,1H3;1-2H3. The van der Waals surface area contributed by atoms with Gasteiger partial charge >= 0.3 is 6.18 Å². The monoisotopic (exact) mass is 286 g/mol. The first-order valence-corrected chi connectivity index (χ1v) is 6.35. The Labute approximate surface area is 116 Å². The lowest BCUT2D eigenvalue weighted by atomic mass is 10.0. The lowest BCUT2D eigenvalue weighted by Crippen LogP contribution is -2.51. The van der Waals surface area contributed by atoms with E-state index in [1.807, 2.05) is 18.7 Å². The summed E-state index contributed by atoms with van der Waals surface area (Å²) in [5.74, 6) is 0. The van der Waals surface area contributed by atoms with E-state index in [1.165, 1.54) is 12.1 Å². The van der Waals surface area contributed by atoms with Crippen LogP contribution in [0.1, 0.15) is 25.0 Å². The molecule has 1 heterocycles. The van der Waals surface area contributed by atoms with Gasteiger partial charge in [-0.05, 0) is 18.2 Å². The van der Waals surface area contributed by atoms with Gasteiger partial charge in [0.2, 0.25) is 0 Å². The van der Waals surface area contributed by atoms with Crippen LogP contribution in [0.4, 0.5) is 18.9 Å². The Morgan fingerprint density at radius 1 is 1.30 bits per heavy atom. The Balaban J connectivity index is 0.000000956. The van der Waals surface area contributed by atoms with Crippen LogP contribution >= 0.6 is 0 Å². The molecule has 0 saturated carbocycles. The fourth-order valence-electron chi connectivity index (χ4n) is 1.87. The Bertz CT molecular complexity index is 488. The van der Waals surface area contributed by atoms with Crippen molar-refractivity contribution < 1.29 is 17.9 Å². The summed E-state index contributed by atoms with van der Waals surface area (Å²) in [7, 11) is 1.59. The van der Waals surface area contributed by atoms with Crippen LogP contribution in [0.5, 0.6) is 0 Å². The van der Waals surface area contributed by atoms with Crippen LogP contribution in [0.15, 0.2) is 18.2 Å². The number of benzene rings is 1. The topological polar surface area (TPSA) is 36.3 Å². The minimum absolute atomic E-state index is 0.109. The first kappa shape index (κ1) is 16.3. The van der Waals surface area contributed by atoms with Crippen LogP contribution in [0.3, 0.4) is 0 Å². The molecule has 0 radical (unpaired) electrons. The normalized spacial score (nSPS) is 14.9. The van der Waals surface area contributed by atoms with E-state index in [2.05, 4.69) is 0 Å². The molecule has 1 aromatic rings. The molecule has 1 aliphatic heterocycles. The predicted molar refractivity (Wildman–Crippen MR) is 70.5 cm³/mol. The molecular weight excluding hydrogens is 269 g/mol. The maximum Gasteiger partial charge on any atom is 0.417 e. The van der Waals surface area contributed by atoms with E-state index in [9.17, 15) is 13.2 Å². The number of hydrogen-bond donors (Lipinski definition) is 0. The first-order valence-electron chi connectivity index (χ1n) is 6.35. The van der Waals surface area contributed by atoms with Gasteiger partial charge < -0.3 is 9.64 Å². The van der Waals surface area contributed by atoms with Gasteiger partial charge in [-0.3, -0.25) is 0 Å². The van der Waals surface area contributed by atoms with E-state index in [0.29, 0.717) is 18.8 Å². The molecular formula is C14H17F3N2O. The average molecular weight is 286 g/mol. The van der Waals surface area contributed by atoms with Gasteiger partial charge in [-0.1, -0.05) is 13.8 Å². The van der Waals surface area contributed by atoms with Gasteiger partial charge in [-0.25, -0.2) is 0 Å². The van der Waals surface area contributed by atoms with E-state index < -0.39 is 11.7 Å². The van der Waals surface area contributed by atoms with Crippen molar-refractivity contribution in [3.05, 3.63) is 29.3 Å². The SMILES string of the molecule is CC.COC1CN(c2ccc(C(F)(F)F)c(C#N)c2)C1. The third-order valence-corrected chi connectivity index (χ3v) is 2.98. The highest BCUT2D eigenvalue weighted by Gasteiger charge is 2.34. The Morgan fingerprint density at radius 3 is 2.35 bits per heavy atom. The zero-order chi connectivity index (χ0) is 15.3. The second-order valence-electron chi connectivity index (χ2n) is 4.10. The molecule has 0 N–H and O–H groups in total. The summed E-state index contributed by atoms with van der Waals surface area (Å²) in [6.45, 7) is 5.26. The number of nitriles is 1. The molecule has 0 spiro atoms. The smallest absolute Gasteiger partial charge is 0.378 e. The van der Waals surface area contributed by atoms with Gasteiger partial charge in [0, 0.05) is 25.9 Å². The highest BCUT2D eigenvalue weighted by molar-refractivity contribution is 5.56. The summed E-state index contributed by atoms with van der Waals surface area (Å²) in [4.78, 5) is 1.87. The molecule has 110 valence electrons. The fourth-order valence-corrected chi connectivity index (χ4v) is 1.87.